The Morgan fingerprint density at radius 3 is 2.77 bits per heavy atom. The maximum absolute atomic E-state index is 12.5. The monoisotopic (exact) mass is 380 g/mol. The van der Waals surface area contributed by atoms with Crippen LogP contribution in [0.4, 0.5) is 14.5 Å². The van der Waals surface area contributed by atoms with E-state index in [4.69, 9.17) is 9.15 Å². The summed E-state index contributed by atoms with van der Waals surface area (Å²) in [5.74, 6) is 0.0544. The lowest BCUT2D eigenvalue weighted by atomic mass is 10.2. The molecule has 0 saturated carbocycles. The Kier molecular flexibility index (Phi) is 5.17. The molecule has 0 fully saturated rings. The fourth-order valence-corrected chi connectivity index (χ4v) is 3.12. The van der Waals surface area contributed by atoms with Gasteiger partial charge in [0.2, 0.25) is 0 Å². The minimum absolute atomic E-state index is 0.133. The number of amides is 1. The van der Waals surface area contributed by atoms with Crippen LogP contribution in [0.5, 0.6) is 11.5 Å². The number of anilines is 1. The Balaban J connectivity index is 1.82. The normalized spacial score (nSPS) is 10.8. The van der Waals surface area contributed by atoms with E-state index in [1.165, 1.54) is 42.9 Å². The molecule has 2 aromatic heterocycles. The van der Waals surface area contributed by atoms with Gasteiger partial charge in [0.05, 0.1) is 13.4 Å². The molecule has 0 atom stereocenters. The first-order valence-corrected chi connectivity index (χ1v) is 8.25. The number of carbonyl (C=O) groups is 1. The van der Waals surface area contributed by atoms with E-state index in [0.717, 1.165) is 0 Å². The topological polar surface area (TPSA) is 73.6 Å². The van der Waals surface area contributed by atoms with E-state index in [9.17, 15) is 13.6 Å². The van der Waals surface area contributed by atoms with Gasteiger partial charge in [-0.15, -0.1) is 11.3 Å². The molecule has 0 bridgehead atoms. The van der Waals surface area contributed by atoms with E-state index in [2.05, 4.69) is 15.0 Å². The Bertz CT molecular complexity index is 910. The lowest BCUT2D eigenvalue weighted by Gasteiger charge is -2.12. The molecule has 0 aliphatic carbocycles. The molecule has 0 aliphatic rings. The number of benzene rings is 1. The van der Waals surface area contributed by atoms with Crippen molar-refractivity contribution < 1.29 is 27.5 Å². The smallest absolute Gasteiger partial charge is 0.387 e. The van der Waals surface area contributed by atoms with Crippen LogP contribution < -0.4 is 14.8 Å². The number of rotatable bonds is 6. The predicted octanol–water partition coefficient (Wildman–Crippen LogP) is 4.57. The summed E-state index contributed by atoms with van der Waals surface area (Å²) in [6.07, 6.45) is 1.52. The quantitative estimate of drug-likeness (QED) is 0.678. The first-order valence-electron chi connectivity index (χ1n) is 7.43. The summed E-state index contributed by atoms with van der Waals surface area (Å²) in [7, 11) is 1.33. The van der Waals surface area contributed by atoms with Crippen molar-refractivity contribution in [2.24, 2.45) is 0 Å². The molecule has 1 amide bonds. The number of hydrogen-bond acceptors (Lipinski definition) is 6. The zero-order chi connectivity index (χ0) is 18.7. The van der Waals surface area contributed by atoms with Crippen LogP contribution >= 0.6 is 11.3 Å². The molecule has 1 aromatic carbocycles. The zero-order valence-electron chi connectivity index (χ0n) is 13.8. The molecular weight excluding hydrogens is 366 g/mol. The highest BCUT2D eigenvalue weighted by molar-refractivity contribution is 7.15. The Morgan fingerprint density at radius 1 is 1.31 bits per heavy atom. The summed E-state index contributed by atoms with van der Waals surface area (Å²) in [6.45, 7) is -1.25. The number of carbonyl (C=O) groups excluding carboxylic acids is 1. The summed E-state index contributed by atoms with van der Waals surface area (Å²) in [6, 6.07) is 7.68. The van der Waals surface area contributed by atoms with Crippen LogP contribution in [-0.4, -0.2) is 24.6 Å². The van der Waals surface area contributed by atoms with E-state index < -0.39 is 12.5 Å². The van der Waals surface area contributed by atoms with Crippen molar-refractivity contribution in [1.82, 2.24) is 4.98 Å². The van der Waals surface area contributed by atoms with E-state index in [1.807, 2.05) is 0 Å². The maximum Gasteiger partial charge on any atom is 0.387 e. The van der Waals surface area contributed by atoms with Gasteiger partial charge in [0, 0.05) is 16.6 Å². The minimum atomic E-state index is -3.01. The van der Waals surface area contributed by atoms with E-state index in [-0.39, 0.29) is 22.9 Å². The first kappa shape index (κ1) is 17.9. The number of thiazole rings is 1. The second-order valence-electron chi connectivity index (χ2n) is 5.10. The van der Waals surface area contributed by atoms with Crippen LogP contribution in [0.1, 0.15) is 15.4 Å². The lowest BCUT2D eigenvalue weighted by Crippen LogP contribution is -2.14. The molecule has 1 N–H and O–H groups in total. The van der Waals surface area contributed by atoms with Crippen molar-refractivity contribution in [1.29, 1.82) is 0 Å². The molecule has 0 unspecified atom stereocenters. The zero-order valence-corrected chi connectivity index (χ0v) is 14.6. The molecule has 9 heteroatoms. The number of hydrogen-bond donors (Lipinski definition) is 1. The largest absolute Gasteiger partial charge is 0.493 e. The third-order valence-electron chi connectivity index (χ3n) is 3.38. The fourth-order valence-electron chi connectivity index (χ4n) is 2.25. The first-order chi connectivity index (χ1) is 12.5. The molecular formula is C17H14F2N2O4S. The van der Waals surface area contributed by atoms with Crippen molar-refractivity contribution >= 4 is 22.9 Å². The van der Waals surface area contributed by atoms with Gasteiger partial charge in [0.15, 0.2) is 22.3 Å². The van der Waals surface area contributed by atoms with Crippen molar-refractivity contribution in [2.75, 3.05) is 12.4 Å². The summed E-state index contributed by atoms with van der Waals surface area (Å²) in [5.41, 5.74) is 0.506. The van der Waals surface area contributed by atoms with Crippen molar-refractivity contribution in [3.8, 4) is 22.3 Å². The average molecular weight is 380 g/mol. The third-order valence-corrected chi connectivity index (χ3v) is 4.37. The van der Waals surface area contributed by atoms with E-state index in [1.54, 1.807) is 19.1 Å². The van der Waals surface area contributed by atoms with Crippen LogP contribution in [-0.2, 0) is 0 Å². The van der Waals surface area contributed by atoms with Gasteiger partial charge in [-0.3, -0.25) is 4.79 Å². The van der Waals surface area contributed by atoms with Crippen LogP contribution in [0.3, 0.4) is 0 Å². The van der Waals surface area contributed by atoms with Gasteiger partial charge >= 0.3 is 6.61 Å². The summed E-state index contributed by atoms with van der Waals surface area (Å²) >= 11 is 1.32. The number of alkyl halides is 2. The van der Waals surface area contributed by atoms with Gasteiger partial charge in [-0.05, 0) is 31.2 Å². The SMILES string of the molecule is COc1ccc(NC(=O)c2nc(-c3ccco3)sc2C)cc1OC(F)F. The summed E-state index contributed by atoms with van der Waals surface area (Å²) < 4.78 is 39.7. The Morgan fingerprint density at radius 2 is 2.12 bits per heavy atom. The second-order valence-corrected chi connectivity index (χ2v) is 6.30. The molecule has 2 heterocycles. The molecule has 136 valence electrons. The molecule has 0 aliphatic heterocycles. The number of ether oxygens (including phenoxy) is 2. The van der Waals surface area contributed by atoms with Gasteiger partial charge in [0.1, 0.15) is 5.69 Å². The number of nitrogens with zero attached hydrogens (tertiary/aromatic N) is 1. The highest BCUT2D eigenvalue weighted by Gasteiger charge is 2.19. The Labute approximate surface area is 151 Å². The average Bonchev–Trinajstić information content (AvgIpc) is 3.24. The minimum Gasteiger partial charge on any atom is -0.493 e. The number of furan rings is 1. The van der Waals surface area contributed by atoms with Gasteiger partial charge in [-0.25, -0.2) is 4.98 Å². The lowest BCUT2D eigenvalue weighted by molar-refractivity contribution is -0.0511. The number of aryl methyl sites for hydroxylation is 1. The van der Waals surface area contributed by atoms with Gasteiger partial charge in [0.25, 0.3) is 5.91 Å². The van der Waals surface area contributed by atoms with Gasteiger partial charge < -0.3 is 19.2 Å². The van der Waals surface area contributed by atoms with Crippen LogP contribution in [0.15, 0.2) is 41.0 Å². The van der Waals surface area contributed by atoms with E-state index >= 15 is 0 Å². The fraction of sp³-hybridized carbons (Fsp3) is 0.176. The van der Waals surface area contributed by atoms with Crippen LogP contribution in [0.2, 0.25) is 0 Å². The third kappa shape index (κ3) is 3.83. The van der Waals surface area contributed by atoms with Gasteiger partial charge in [-0.1, -0.05) is 0 Å². The number of halogens is 2. The molecule has 0 radical (unpaired) electrons. The number of aromatic nitrogens is 1. The van der Waals surface area contributed by atoms with Gasteiger partial charge in [-0.2, -0.15) is 8.78 Å². The maximum atomic E-state index is 12.5. The van der Waals surface area contributed by atoms with Crippen LogP contribution in [0.25, 0.3) is 10.8 Å². The molecule has 3 rings (SSSR count). The highest BCUT2D eigenvalue weighted by atomic mass is 32.1. The Hall–Kier alpha value is -2.94. The molecule has 0 saturated heterocycles. The number of methoxy groups -OCH3 is 1. The predicted molar refractivity (Wildman–Crippen MR) is 92.1 cm³/mol. The summed E-state index contributed by atoms with van der Waals surface area (Å²) in [5, 5.41) is 3.19. The number of nitrogens with one attached hydrogen (secondary N) is 1. The van der Waals surface area contributed by atoms with Crippen molar-refractivity contribution in [3.05, 3.63) is 47.2 Å². The molecule has 26 heavy (non-hydrogen) atoms. The second kappa shape index (κ2) is 7.52. The van der Waals surface area contributed by atoms with Crippen LogP contribution in [0, 0.1) is 6.92 Å². The molecule has 0 spiro atoms. The van der Waals surface area contributed by atoms with Crippen molar-refractivity contribution in [2.45, 2.75) is 13.5 Å². The molecule has 3 aromatic rings. The standard InChI is InChI=1S/C17H14F2N2O4S/c1-9-14(21-16(26-9)12-4-3-7-24-12)15(22)20-10-5-6-11(23-2)13(8-10)25-17(18)19/h3-8,17H,1-2H3,(H,20,22). The summed E-state index contributed by atoms with van der Waals surface area (Å²) in [4.78, 5) is 17.5. The van der Waals surface area contributed by atoms with Crippen molar-refractivity contribution in [3.63, 3.8) is 0 Å². The highest BCUT2D eigenvalue weighted by Crippen LogP contribution is 2.32. The van der Waals surface area contributed by atoms with E-state index in [0.29, 0.717) is 15.6 Å². The molecule has 6 nitrogen and oxygen atoms in total.